The number of aliphatic hydroxyl groups is 1. The van der Waals surface area contributed by atoms with E-state index >= 15 is 0 Å². The average Bonchev–Trinajstić information content (AvgIpc) is 2.84. The van der Waals surface area contributed by atoms with Gasteiger partial charge in [0, 0.05) is 31.3 Å². The smallest absolute Gasteiger partial charge is 0.227 e. The molecule has 1 heterocycles. The molecular weight excluding hydrogens is 311 g/mol. The van der Waals surface area contributed by atoms with Crippen LogP contribution in [0.3, 0.4) is 0 Å². The number of aliphatic hydroxyl groups excluding tert-OH is 1. The van der Waals surface area contributed by atoms with E-state index in [0.29, 0.717) is 12.1 Å². The lowest BCUT2D eigenvalue weighted by Gasteiger charge is -2.18. The lowest BCUT2D eigenvalue weighted by atomic mass is 10.1. The molecule has 22 heavy (non-hydrogen) atoms. The van der Waals surface area contributed by atoms with Gasteiger partial charge >= 0.3 is 0 Å². The van der Waals surface area contributed by atoms with Gasteiger partial charge in [-0.25, -0.2) is 4.39 Å². The van der Waals surface area contributed by atoms with Crippen molar-refractivity contribution in [3.8, 4) is 0 Å². The number of rotatable bonds is 5. The second kappa shape index (κ2) is 7.07. The molecule has 1 aromatic carbocycles. The number of nitrogens with zero attached hydrogens (tertiary/aromatic N) is 1. The third-order valence-electron chi connectivity index (χ3n) is 3.66. The van der Waals surface area contributed by atoms with E-state index in [2.05, 4.69) is 5.32 Å². The molecule has 0 aliphatic carbocycles. The first kappa shape index (κ1) is 16.7. The molecule has 5 nitrogen and oxygen atoms in total. The summed E-state index contributed by atoms with van der Waals surface area (Å²) in [6, 6.07) is 3.97. The first-order valence-electron chi connectivity index (χ1n) is 7.09. The van der Waals surface area contributed by atoms with Crippen molar-refractivity contribution in [2.24, 2.45) is 5.92 Å². The Labute approximate surface area is 133 Å². The molecule has 2 rings (SSSR count). The second-order valence-electron chi connectivity index (χ2n) is 5.43. The normalized spacial score (nSPS) is 19.4. The Hall–Kier alpha value is -1.66. The van der Waals surface area contributed by atoms with E-state index in [0.717, 1.165) is 0 Å². The molecule has 2 atom stereocenters. The van der Waals surface area contributed by atoms with E-state index in [4.69, 9.17) is 16.7 Å². The summed E-state index contributed by atoms with van der Waals surface area (Å²) in [5.41, 5.74) is 0.394. The topological polar surface area (TPSA) is 69.6 Å². The van der Waals surface area contributed by atoms with E-state index in [1.54, 1.807) is 13.0 Å². The molecular formula is C15H18ClFN2O3. The summed E-state index contributed by atoms with van der Waals surface area (Å²) >= 11 is 5.63. The van der Waals surface area contributed by atoms with E-state index in [9.17, 15) is 14.0 Å². The van der Waals surface area contributed by atoms with Crippen LogP contribution in [-0.2, 0) is 9.59 Å². The minimum atomic E-state index is -0.601. The largest absolute Gasteiger partial charge is 0.396 e. The summed E-state index contributed by atoms with van der Waals surface area (Å²) in [5.74, 6) is -1.54. The molecule has 0 aromatic heterocycles. The Kier molecular flexibility index (Phi) is 5.37. The number of halogens is 2. The number of carbonyl (C=O) groups is 2. The van der Waals surface area contributed by atoms with Crippen LogP contribution in [0.15, 0.2) is 18.2 Å². The number of hydrogen-bond donors (Lipinski definition) is 2. The number of anilines is 1. The zero-order chi connectivity index (χ0) is 16.3. The number of nitrogens with one attached hydrogen (secondary N) is 1. The third-order valence-corrected chi connectivity index (χ3v) is 3.97. The van der Waals surface area contributed by atoms with E-state index in [1.807, 2.05) is 0 Å². The Morgan fingerprint density at radius 2 is 2.32 bits per heavy atom. The summed E-state index contributed by atoms with van der Waals surface area (Å²) in [6.45, 7) is 1.98. The molecule has 0 radical (unpaired) electrons. The fourth-order valence-electron chi connectivity index (χ4n) is 2.41. The maximum Gasteiger partial charge on any atom is 0.227 e. The lowest BCUT2D eigenvalue weighted by molar-refractivity contribution is -0.126. The molecule has 1 aromatic rings. The molecule has 0 bridgehead atoms. The van der Waals surface area contributed by atoms with Crippen molar-refractivity contribution in [3.63, 3.8) is 0 Å². The van der Waals surface area contributed by atoms with Crippen LogP contribution in [0, 0.1) is 11.7 Å². The second-order valence-corrected chi connectivity index (χ2v) is 5.83. The quantitative estimate of drug-likeness (QED) is 0.864. The average molecular weight is 329 g/mol. The van der Waals surface area contributed by atoms with Crippen molar-refractivity contribution in [2.45, 2.75) is 25.8 Å². The summed E-state index contributed by atoms with van der Waals surface area (Å²) < 4.78 is 13.5. The zero-order valence-electron chi connectivity index (χ0n) is 12.2. The molecule has 2 unspecified atom stereocenters. The monoisotopic (exact) mass is 328 g/mol. The fourth-order valence-corrected chi connectivity index (χ4v) is 2.53. The first-order valence-corrected chi connectivity index (χ1v) is 7.46. The molecule has 1 saturated heterocycles. The lowest BCUT2D eigenvalue weighted by Crippen LogP contribution is -2.38. The number of amides is 2. The van der Waals surface area contributed by atoms with Gasteiger partial charge in [-0.05, 0) is 31.5 Å². The van der Waals surface area contributed by atoms with Crippen LogP contribution in [-0.4, -0.2) is 36.1 Å². The Balaban J connectivity index is 2.04. The summed E-state index contributed by atoms with van der Waals surface area (Å²) in [4.78, 5) is 25.5. The molecule has 2 N–H and O–H groups in total. The van der Waals surface area contributed by atoms with Crippen molar-refractivity contribution < 1.29 is 19.1 Å². The van der Waals surface area contributed by atoms with E-state index < -0.39 is 11.7 Å². The van der Waals surface area contributed by atoms with Crippen LogP contribution in [0.1, 0.15) is 19.8 Å². The molecule has 2 amide bonds. The summed E-state index contributed by atoms with van der Waals surface area (Å²) in [6.07, 6.45) is 0.542. The molecule has 1 fully saturated rings. The van der Waals surface area contributed by atoms with Gasteiger partial charge in [-0.1, -0.05) is 11.6 Å². The first-order chi connectivity index (χ1) is 10.4. The predicted molar refractivity (Wildman–Crippen MR) is 81.2 cm³/mol. The van der Waals surface area contributed by atoms with Crippen molar-refractivity contribution >= 4 is 29.1 Å². The SMILES string of the molecule is CC(CCO)NC(=O)C1CC(=O)N(c2ccc(Cl)c(F)c2)C1. The Morgan fingerprint density at radius 3 is 2.95 bits per heavy atom. The highest BCUT2D eigenvalue weighted by Crippen LogP contribution is 2.28. The van der Waals surface area contributed by atoms with Gasteiger partial charge in [-0.2, -0.15) is 0 Å². The van der Waals surface area contributed by atoms with Gasteiger partial charge in [-0.3, -0.25) is 9.59 Å². The van der Waals surface area contributed by atoms with Crippen LogP contribution in [0.5, 0.6) is 0 Å². The van der Waals surface area contributed by atoms with Gasteiger partial charge in [0.05, 0.1) is 10.9 Å². The highest BCUT2D eigenvalue weighted by atomic mass is 35.5. The van der Waals surface area contributed by atoms with Crippen LogP contribution < -0.4 is 10.2 Å². The van der Waals surface area contributed by atoms with Crippen molar-refractivity contribution in [1.82, 2.24) is 5.32 Å². The van der Waals surface area contributed by atoms with Crippen molar-refractivity contribution in [2.75, 3.05) is 18.1 Å². The molecule has 7 heteroatoms. The molecule has 120 valence electrons. The van der Waals surface area contributed by atoms with Crippen LogP contribution in [0.2, 0.25) is 5.02 Å². The highest BCUT2D eigenvalue weighted by molar-refractivity contribution is 6.30. The van der Waals surface area contributed by atoms with Crippen LogP contribution in [0.25, 0.3) is 0 Å². The Bertz CT molecular complexity index is 582. The van der Waals surface area contributed by atoms with E-state index in [1.165, 1.54) is 17.0 Å². The molecule has 1 aliphatic rings. The zero-order valence-corrected chi connectivity index (χ0v) is 12.9. The number of hydrogen-bond acceptors (Lipinski definition) is 3. The maximum absolute atomic E-state index is 13.5. The highest BCUT2D eigenvalue weighted by Gasteiger charge is 2.35. The number of benzene rings is 1. The van der Waals surface area contributed by atoms with Crippen molar-refractivity contribution in [3.05, 3.63) is 29.0 Å². The summed E-state index contributed by atoms with van der Waals surface area (Å²) in [7, 11) is 0. The van der Waals surface area contributed by atoms with Crippen LogP contribution in [0.4, 0.5) is 10.1 Å². The van der Waals surface area contributed by atoms with Gasteiger partial charge in [0.1, 0.15) is 5.82 Å². The van der Waals surface area contributed by atoms with Gasteiger partial charge in [0.25, 0.3) is 0 Å². The van der Waals surface area contributed by atoms with Crippen molar-refractivity contribution in [1.29, 1.82) is 0 Å². The van der Waals surface area contributed by atoms with Gasteiger partial charge in [0.2, 0.25) is 11.8 Å². The minimum absolute atomic E-state index is 0.0116. The molecule has 1 aliphatic heterocycles. The van der Waals surface area contributed by atoms with Gasteiger partial charge in [0.15, 0.2) is 0 Å². The molecule has 0 saturated carbocycles. The van der Waals surface area contributed by atoms with Gasteiger partial charge < -0.3 is 15.3 Å². The molecule has 0 spiro atoms. The Morgan fingerprint density at radius 1 is 1.59 bits per heavy atom. The third kappa shape index (κ3) is 3.75. The van der Waals surface area contributed by atoms with E-state index in [-0.39, 0.29) is 42.5 Å². The van der Waals surface area contributed by atoms with Gasteiger partial charge in [-0.15, -0.1) is 0 Å². The maximum atomic E-state index is 13.5. The standard InChI is InChI=1S/C15H18ClFN2O3/c1-9(4-5-20)18-15(22)10-6-14(21)19(8-10)11-2-3-12(16)13(17)7-11/h2-3,7,9-10,20H,4-6,8H2,1H3,(H,18,22). The van der Waals surface area contributed by atoms with Crippen LogP contribution >= 0.6 is 11.6 Å². The number of carbonyl (C=O) groups excluding carboxylic acids is 2. The summed E-state index contributed by atoms with van der Waals surface area (Å²) in [5, 5.41) is 11.6. The fraction of sp³-hybridized carbons (Fsp3) is 0.467. The predicted octanol–water partition coefficient (Wildman–Crippen LogP) is 1.72. The minimum Gasteiger partial charge on any atom is -0.396 e.